The Kier molecular flexibility index (Phi) is 3.17. The minimum Gasteiger partial charge on any atom is -0.325 e. The van der Waals surface area contributed by atoms with Crippen LogP contribution in [0.4, 0.5) is 10.1 Å². The van der Waals surface area contributed by atoms with Gasteiger partial charge in [-0.15, -0.1) is 0 Å². The van der Waals surface area contributed by atoms with E-state index in [1.807, 2.05) is 4.90 Å². The number of hydrogen-bond donors (Lipinski definition) is 2. The van der Waals surface area contributed by atoms with Gasteiger partial charge in [0.1, 0.15) is 5.82 Å². The lowest BCUT2D eigenvalue weighted by molar-refractivity contribution is -0.118. The molecule has 5 heteroatoms. The molecule has 0 bridgehead atoms. The second-order valence-electron chi connectivity index (χ2n) is 3.98. The van der Waals surface area contributed by atoms with Crippen molar-refractivity contribution in [2.24, 2.45) is 5.73 Å². The zero-order valence-corrected chi connectivity index (χ0v) is 8.82. The zero-order valence-electron chi connectivity index (χ0n) is 8.82. The van der Waals surface area contributed by atoms with Crippen molar-refractivity contribution in [3.8, 4) is 0 Å². The van der Waals surface area contributed by atoms with Crippen LogP contribution < -0.4 is 11.1 Å². The maximum atomic E-state index is 13.2. The molecule has 1 aliphatic rings. The highest BCUT2D eigenvalue weighted by atomic mass is 19.1. The molecule has 0 unspecified atom stereocenters. The molecule has 0 saturated carbocycles. The summed E-state index contributed by atoms with van der Waals surface area (Å²) in [6.45, 7) is 1.72. The van der Waals surface area contributed by atoms with E-state index in [1.54, 1.807) is 12.1 Å². The number of likely N-dealkylation sites (tertiary alicyclic amines) is 1. The number of para-hydroxylation sites is 1. The first-order chi connectivity index (χ1) is 7.65. The van der Waals surface area contributed by atoms with Crippen molar-refractivity contribution in [2.45, 2.75) is 6.04 Å². The van der Waals surface area contributed by atoms with E-state index < -0.39 is 5.82 Å². The molecule has 0 aromatic heterocycles. The van der Waals surface area contributed by atoms with Gasteiger partial charge < -0.3 is 11.1 Å². The second kappa shape index (κ2) is 4.59. The fourth-order valence-electron chi connectivity index (χ4n) is 1.69. The molecule has 1 saturated heterocycles. The van der Waals surface area contributed by atoms with Crippen molar-refractivity contribution in [2.75, 3.05) is 25.0 Å². The minimum atomic E-state index is -0.420. The van der Waals surface area contributed by atoms with Gasteiger partial charge in [-0.1, -0.05) is 12.1 Å². The number of rotatable bonds is 3. The maximum Gasteiger partial charge on any atom is 0.238 e. The number of nitrogens with two attached hydrogens (primary N) is 1. The van der Waals surface area contributed by atoms with E-state index in [0.717, 1.165) is 13.1 Å². The van der Waals surface area contributed by atoms with E-state index in [0.29, 0.717) is 0 Å². The lowest BCUT2D eigenvalue weighted by Crippen LogP contribution is -2.57. The Morgan fingerprint density at radius 3 is 2.81 bits per heavy atom. The molecule has 16 heavy (non-hydrogen) atoms. The summed E-state index contributed by atoms with van der Waals surface area (Å²) in [7, 11) is 0. The Bertz CT molecular complexity index is 391. The van der Waals surface area contributed by atoms with Crippen molar-refractivity contribution in [1.29, 1.82) is 0 Å². The summed E-state index contributed by atoms with van der Waals surface area (Å²) in [5.41, 5.74) is 5.81. The molecule has 0 radical (unpaired) electrons. The summed E-state index contributed by atoms with van der Waals surface area (Å²) >= 11 is 0. The van der Waals surface area contributed by atoms with Gasteiger partial charge in [0.25, 0.3) is 0 Å². The Balaban J connectivity index is 1.85. The van der Waals surface area contributed by atoms with Crippen LogP contribution in [0.5, 0.6) is 0 Å². The number of nitrogens with zero attached hydrogens (tertiary/aromatic N) is 1. The van der Waals surface area contributed by atoms with Crippen LogP contribution in [0, 0.1) is 5.82 Å². The van der Waals surface area contributed by atoms with E-state index in [9.17, 15) is 9.18 Å². The molecule has 1 aromatic rings. The van der Waals surface area contributed by atoms with Crippen LogP contribution >= 0.6 is 0 Å². The molecule has 1 aliphatic heterocycles. The number of anilines is 1. The third kappa shape index (κ3) is 2.56. The fraction of sp³-hybridized carbons (Fsp3) is 0.364. The highest BCUT2D eigenvalue weighted by Crippen LogP contribution is 2.12. The van der Waals surface area contributed by atoms with Gasteiger partial charge in [-0.3, -0.25) is 9.69 Å². The Morgan fingerprint density at radius 2 is 2.19 bits per heavy atom. The van der Waals surface area contributed by atoms with Gasteiger partial charge >= 0.3 is 0 Å². The van der Waals surface area contributed by atoms with Gasteiger partial charge in [-0.05, 0) is 12.1 Å². The Morgan fingerprint density at radius 1 is 1.50 bits per heavy atom. The van der Waals surface area contributed by atoms with Crippen LogP contribution in [-0.4, -0.2) is 36.5 Å². The van der Waals surface area contributed by atoms with Crippen LogP contribution in [0.25, 0.3) is 0 Å². The largest absolute Gasteiger partial charge is 0.325 e. The molecule has 86 valence electrons. The molecule has 3 N–H and O–H groups in total. The SMILES string of the molecule is NC1CN(CC(=O)Nc2ccccc2F)C1. The molecule has 0 spiro atoms. The van der Waals surface area contributed by atoms with Crippen molar-refractivity contribution in [3.05, 3.63) is 30.1 Å². The molecule has 0 aliphatic carbocycles. The average Bonchev–Trinajstić information content (AvgIpc) is 2.19. The summed E-state index contributed by atoms with van der Waals surface area (Å²) in [4.78, 5) is 13.4. The summed E-state index contributed by atoms with van der Waals surface area (Å²) in [5, 5.41) is 2.53. The molecule has 2 rings (SSSR count). The fourth-order valence-corrected chi connectivity index (χ4v) is 1.69. The molecule has 1 heterocycles. The van der Waals surface area contributed by atoms with Crippen LogP contribution in [0.1, 0.15) is 0 Å². The monoisotopic (exact) mass is 223 g/mol. The van der Waals surface area contributed by atoms with Crippen LogP contribution in [-0.2, 0) is 4.79 Å². The quantitative estimate of drug-likeness (QED) is 0.780. The first kappa shape index (κ1) is 11.0. The molecular weight excluding hydrogens is 209 g/mol. The highest BCUT2D eigenvalue weighted by Gasteiger charge is 2.24. The minimum absolute atomic E-state index is 0.168. The van der Waals surface area contributed by atoms with Gasteiger partial charge in [0.2, 0.25) is 5.91 Å². The predicted octanol–water partition coefficient (Wildman–Crippen LogP) is 0.407. The topological polar surface area (TPSA) is 58.4 Å². The first-order valence-electron chi connectivity index (χ1n) is 5.17. The average molecular weight is 223 g/mol. The van der Waals surface area contributed by atoms with Crippen molar-refractivity contribution < 1.29 is 9.18 Å². The summed E-state index contributed by atoms with van der Waals surface area (Å²) in [5.74, 6) is -0.631. The summed E-state index contributed by atoms with van der Waals surface area (Å²) in [6, 6.07) is 6.28. The van der Waals surface area contributed by atoms with Crippen LogP contribution in [0.15, 0.2) is 24.3 Å². The number of nitrogens with one attached hydrogen (secondary N) is 1. The van der Waals surface area contributed by atoms with E-state index in [2.05, 4.69) is 5.32 Å². The first-order valence-corrected chi connectivity index (χ1v) is 5.17. The third-order valence-electron chi connectivity index (χ3n) is 2.50. The van der Waals surface area contributed by atoms with Gasteiger partial charge in [0.15, 0.2) is 0 Å². The van der Waals surface area contributed by atoms with E-state index >= 15 is 0 Å². The van der Waals surface area contributed by atoms with Gasteiger partial charge in [-0.25, -0.2) is 4.39 Å². The number of benzene rings is 1. The summed E-state index contributed by atoms with van der Waals surface area (Å²) in [6.07, 6.45) is 0. The molecule has 1 fully saturated rings. The predicted molar refractivity (Wildman–Crippen MR) is 59.4 cm³/mol. The highest BCUT2D eigenvalue weighted by molar-refractivity contribution is 5.92. The normalized spacial score (nSPS) is 16.9. The molecule has 4 nitrogen and oxygen atoms in total. The smallest absolute Gasteiger partial charge is 0.238 e. The standard InChI is InChI=1S/C11H14FN3O/c12-9-3-1-2-4-10(9)14-11(16)7-15-5-8(13)6-15/h1-4,8H,5-7,13H2,(H,14,16). The lowest BCUT2D eigenvalue weighted by Gasteiger charge is -2.36. The second-order valence-corrected chi connectivity index (χ2v) is 3.98. The van der Waals surface area contributed by atoms with Gasteiger partial charge in [-0.2, -0.15) is 0 Å². The van der Waals surface area contributed by atoms with Gasteiger partial charge in [0.05, 0.1) is 12.2 Å². The number of hydrogen-bond acceptors (Lipinski definition) is 3. The van der Waals surface area contributed by atoms with E-state index in [1.165, 1.54) is 12.1 Å². The van der Waals surface area contributed by atoms with Crippen molar-refractivity contribution in [1.82, 2.24) is 4.90 Å². The molecule has 1 amide bonds. The molecule has 1 aromatic carbocycles. The Labute approximate surface area is 93.2 Å². The van der Waals surface area contributed by atoms with E-state index in [-0.39, 0.29) is 24.2 Å². The van der Waals surface area contributed by atoms with Crippen molar-refractivity contribution >= 4 is 11.6 Å². The summed E-state index contributed by atoms with van der Waals surface area (Å²) < 4.78 is 13.2. The number of amides is 1. The Hall–Kier alpha value is -1.46. The van der Waals surface area contributed by atoms with E-state index in [4.69, 9.17) is 5.73 Å². The van der Waals surface area contributed by atoms with Crippen LogP contribution in [0.2, 0.25) is 0 Å². The number of halogens is 1. The molecular formula is C11H14FN3O. The zero-order chi connectivity index (χ0) is 11.5. The number of carbonyl (C=O) groups is 1. The maximum absolute atomic E-state index is 13.2. The van der Waals surface area contributed by atoms with Crippen LogP contribution in [0.3, 0.4) is 0 Å². The van der Waals surface area contributed by atoms with Gasteiger partial charge in [0, 0.05) is 19.1 Å². The number of carbonyl (C=O) groups excluding carboxylic acids is 1. The third-order valence-corrected chi connectivity index (χ3v) is 2.50. The van der Waals surface area contributed by atoms with Crippen molar-refractivity contribution in [3.63, 3.8) is 0 Å². The molecule has 0 atom stereocenters. The lowest BCUT2D eigenvalue weighted by atomic mass is 10.1.